The van der Waals surface area contributed by atoms with Gasteiger partial charge in [0.1, 0.15) is 11.5 Å². The molecule has 0 radical (unpaired) electrons. The Labute approximate surface area is 162 Å². The molecule has 0 aromatic heterocycles. The first-order chi connectivity index (χ1) is 13.1. The number of carbonyl (C=O) groups is 2. The van der Waals surface area contributed by atoms with Gasteiger partial charge in [0.25, 0.3) is 11.1 Å². The summed E-state index contributed by atoms with van der Waals surface area (Å²) in [6, 6.07) is 9.59. The lowest BCUT2D eigenvalue weighted by Crippen LogP contribution is -2.28. The van der Waals surface area contributed by atoms with Crippen molar-refractivity contribution >= 4 is 39.8 Å². The molecule has 5 nitrogen and oxygen atoms in total. The molecule has 0 saturated carbocycles. The zero-order valence-electron chi connectivity index (χ0n) is 15.2. The molecule has 1 fully saturated rings. The van der Waals surface area contributed by atoms with Crippen molar-refractivity contribution in [2.45, 2.75) is 13.8 Å². The first-order valence-corrected chi connectivity index (χ1v) is 9.41. The van der Waals surface area contributed by atoms with Gasteiger partial charge in [-0.2, -0.15) is 0 Å². The van der Waals surface area contributed by atoms with E-state index in [1.165, 1.54) is 0 Å². The predicted molar refractivity (Wildman–Crippen MR) is 108 cm³/mol. The van der Waals surface area contributed by atoms with Crippen LogP contribution >= 0.6 is 11.8 Å². The minimum absolute atomic E-state index is 0.0374. The molecule has 0 N–H and O–H groups in total. The summed E-state index contributed by atoms with van der Waals surface area (Å²) in [6.45, 7) is 4.81. The maximum atomic E-state index is 12.5. The van der Waals surface area contributed by atoms with Crippen LogP contribution in [0.15, 0.2) is 35.2 Å². The summed E-state index contributed by atoms with van der Waals surface area (Å²) in [7, 11) is 0. The van der Waals surface area contributed by atoms with Crippen molar-refractivity contribution in [1.82, 2.24) is 4.90 Å². The molecule has 1 saturated heterocycles. The first-order valence-electron chi connectivity index (χ1n) is 8.60. The summed E-state index contributed by atoms with van der Waals surface area (Å²) >= 11 is 0.883. The number of hydrogen-bond acceptors (Lipinski definition) is 5. The summed E-state index contributed by atoms with van der Waals surface area (Å²) in [5, 5.41) is 1.50. The quantitative estimate of drug-likeness (QED) is 0.551. The van der Waals surface area contributed by atoms with Crippen LogP contribution in [0.2, 0.25) is 0 Å². The van der Waals surface area contributed by atoms with E-state index in [1.807, 2.05) is 44.2 Å². The molecule has 27 heavy (non-hydrogen) atoms. The van der Waals surface area contributed by atoms with Gasteiger partial charge in [0, 0.05) is 5.56 Å². The molecule has 138 valence electrons. The Bertz CT molecular complexity index is 969. The fourth-order valence-electron chi connectivity index (χ4n) is 2.85. The van der Waals surface area contributed by atoms with Crippen molar-refractivity contribution < 1.29 is 19.1 Å². The summed E-state index contributed by atoms with van der Waals surface area (Å²) in [6.07, 6.45) is 6.95. The van der Waals surface area contributed by atoms with Crippen molar-refractivity contribution in [1.29, 1.82) is 0 Å². The molecular weight excluding hydrogens is 362 g/mol. The fourth-order valence-corrected chi connectivity index (χ4v) is 3.67. The molecule has 2 aromatic carbocycles. The summed E-state index contributed by atoms with van der Waals surface area (Å²) in [4.78, 5) is 26.0. The molecule has 0 unspecified atom stereocenters. The normalized spacial score (nSPS) is 15.4. The van der Waals surface area contributed by atoms with E-state index < -0.39 is 0 Å². The minimum Gasteiger partial charge on any atom is -0.494 e. The Morgan fingerprint density at radius 1 is 1.15 bits per heavy atom. The third kappa shape index (κ3) is 3.79. The summed E-state index contributed by atoms with van der Waals surface area (Å²) < 4.78 is 11.4. The fraction of sp³-hybridized carbons (Fsp3) is 0.238. The predicted octanol–water partition coefficient (Wildman–Crippen LogP) is 4.31. The van der Waals surface area contributed by atoms with Crippen LogP contribution in [0.5, 0.6) is 11.5 Å². The molecule has 1 aliphatic rings. The van der Waals surface area contributed by atoms with Crippen molar-refractivity contribution in [3.05, 3.63) is 40.8 Å². The number of imide groups is 1. The highest BCUT2D eigenvalue weighted by Gasteiger charge is 2.34. The van der Waals surface area contributed by atoms with Crippen molar-refractivity contribution in [3.63, 3.8) is 0 Å². The average Bonchev–Trinajstić information content (AvgIpc) is 2.92. The second-order valence-corrected chi connectivity index (χ2v) is 6.69. The molecule has 0 atom stereocenters. The number of nitrogens with zero attached hydrogens (tertiary/aromatic N) is 1. The third-order valence-corrected chi connectivity index (χ3v) is 4.91. The van der Waals surface area contributed by atoms with E-state index >= 15 is 0 Å². The molecule has 2 amide bonds. The van der Waals surface area contributed by atoms with Gasteiger partial charge in [-0.05, 0) is 60.7 Å². The molecule has 2 aromatic rings. The number of fused-ring (bicyclic) bond motifs is 1. The van der Waals surface area contributed by atoms with E-state index in [0.717, 1.165) is 38.7 Å². The number of amides is 2. The van der Waals surface area contributed by atoms with Crippen LogP contribution in [-0.2, 0) is 4.79 Å². The van der Waals surface area contributed by atoms with Gasteiger partial charge in [-0.3, -0.25) is 14.5 Å². The van der Waals surface area contributed by atoms with Crippen LogP contribution < -0.4 is 9.47 Å². The van der Waals surface area contributed by atoms with Crippen LogP contribution in [-0.4, -0.2) is 35.8 Å². The number of terminal acetylenes is 1. The molecular formula is C21H19NO4S. The minimum atomic E-state index is -0.386. The highest BCUT2D eigenvalue weighted by atomic mass is 32.2. The Morgan fingerprint density at radius 3 is 2.59 bits per heavy atom. The number of benzene rings is 2. The standard InChI is InChI=1S/C21H19NO4S/c1-4-11-22-20(23)19(27-21(22)24)13-17-16-12-15(25-5-2)9-7-14(16)8-10-18(17)26-6-3/h1,7-10,12-13H,5-6,11H2,2-3H3/b19-13-. The largest absolute Gasteiger partial charge is 0.494 e. The molecule has 6 heteroatoms. The van der Waals surface area contributed by atoms with Crippen molar-refractivity contribution in [2.24, 2.45) is 0 Å². The van der Waals surface area contributed by atoms with E-state index in [9.17, 15) is 9.59 Å². The maximum Gasteiger partial charge on any atom is 0.294 e. The van der Waals surface area contributed by atoms with Gasteiger partial charge >= 0.3 is 0 Å². The van der Waals surface area contributed by atoms with Gasteiger partial charge in [0.2, 0.25) is 0 Å². The number of rotatable bonds is 6. The third-order valence-electron chi connectivity index (χ3n) is 4.00. The Morgan fingerprint density at radius 2 is 1.89 bits per heavy atom. The van der Waals surface area contributed by atoms with Crippen LogP contribution in [0.25, 0.3) is 16.8 Å². The molecule has 0 bridgehead atoms. The van der Waals surface area contributed by atoms with Crippen LogP contribution in [0, 0.1) is 12.3 Å². The van der Waals surface area contributed by atoms with E-state index in [1.54, 1.807) is 6.08 Å². The zero-order valence-corrected chi connectivity index (χ0v) is 16.0. The highest BCUT2D eigenvalue weighted by molar-refractivity contribution is 8.18. The first kappa shape index (κ1) is 18.9. The van der Waals surface area contributed by atoms with Gasteiger partial charge < -0.3 is 9.47 Å². The van der Waals surface area contributed by atoms with Gasteiger partial charge in [0.15, 0.2) is 0 Å². The van der Waals surface area contributed by atoms with Crippen LogP contribution in [0.1, 0.15) is 19.4 Å². The molecule has 1 aliphatic heterocycles. The van der Waals surface area contributed by atoms with E-state index in [0.29, 0.717) is 23.9 Å². The monoisotopic (exact) mass is 381 g/mol. The smallest absolute Gasteiger partial charge is 0.294 e. The van der Waals surface area contributed by atoms with E-state index in [-0.39, 0.29) is 17.7 Å². The Kier molecular flexibility index (Phi) is 5.72. The Balaban J connectivity index is 2.15. The summed E-state index contributed by atoms with van der Waals surface area (Å²) in [5.41, 5.74) is 0.738. The molecule has 0 spiro atoms. The summed E-state index contributed by atoms with van der Waals surface area (Å²) in [5.74, 6) is 3.33. The lowest BCUT2D eigenvalue weighted by molar-refractivity contribution is -0.122. The Hall–Kier alpha value is -2.91. The molecule has 3 rings (SSSR count). The second-order valence-electron chi connectivity index (χ2n) is 5.70. The zero-order chi connectivity index (χ0) is 19.4. The van der Waals surface area contributed by atoms with Gasteiger partial charge in [-0.25, -0.2) is 0 Å². The van der Waals surface area contributed by atoms with Crippen molar-refractivity contribution in [2.75, 3.05) is 19.8 Å². The topological polar surface area (TPSA) is 55.8 Å². The highest BCUT2D eigenvalue weighted by Crippen LogP contribution is 2.37. The van der Waals surface area contributed by atoms with Crippen LogP contribution in [0.3, 0.4) is 0 Å². The number of ether oxygens (including phenoxy) is 2. The molecule has 0 aliphatic carbocycles. The van der Waals surface area contributed by atoms with E-state index in [2.05, 4.69) is 5.92 Å². The number of carbonyl (C=O) groups excluding carboxylic acids is 2. The lowest BCUT2D eigenvalue weighted by Gasteiger charge is -2.13. The number of thioether (sulfide) groups is 1. The SMILES string of the molecule is C#CCN1C(=O)S/C(=C\c2c(OCC)ccc3ccc(OCC)cc23)C1=O. The average molecular weight is 381 g/mol. The lowest BCUT2D eigenvalue weighted by atomic mass is 10.0. The van der Waals surface area contributed by atoms with Crippen LogP contribution in [0.4, 0.5) is 4.79 Å². The maximum absolute atomic E-state index is 12.5. The van der Waals surface area contributed by atoms with Gasteiger partial charge in [-0.1, -0.05) is 18.1 Å². The second kappa shape index (κ2) is 8.19. The van der Waals surface area contributed by atoms with Crippen molar-refractivity contribution in [3.8, 4) is 23.8 Å². The number of hydrogen-bond donors (Lipinski definition) is 0. The van der Waals surface area contributed by atoms with E-state index in [4.69, 9.17) is 15.9 Å². The van der Waals surface area contributed by atoms with Gasteiger partial charge in [0.05, 0.1) is 24.7 Å². The van der Waals surface area contributed by atoms with Gasteiger partial charge in [-0.15, -0.1) is 6.42 Å². The molecule has 1 heterocycles.